The van der Waals surface area contributed by atoms with Gasteiger partial charge in [0.1, 0.15) is 0 Å². The summed E-state index contributed by atoms with van der Waals surface area (Å²) in [6.07, 6.45) is 7.73. The van der Waals surface area contributed by atoms with Crippen molar-refractivity contribution < 1.29 is 14.3 Å². The Labute approximate surface area is 161 Å². The number of thiocarbonyl (C=S) groups is 1. The normalized spacial score (nSPS) is 14.7. The molecule has 1 aromatic carbocycles. The SMILES string of the molecule is CCOC(=O)c1ccc(NC(=S)NCCCOC2CCCCC2)c(C)c1. The first-order valence-corrected chi connectivity index (χ1v) is 9.95. The molecule has 26 heavy (non-hydrogen) atoms. The monoisotopic (exact) mass is 378 g/mol. The van der Waals surface area contributed by atoms with Crippen molar-refractivity contribution in [3.05, 3.63) is 29.3 Å². The third kappa shape index (κ3) is 6.92. The lowest BCUT2D eigenvalue weighted by molar-refractivity contribution is 0.0277. The van der Waals surface area contributed by atoms with Crippen LogP contribution in [0.15, 0.2) is 18.2 Å². The van der Waals surface area contributed by atoms with E-state index in [9.17, 15) is 4.79 Å². The highest BCUT2D eigenvalue weighted by atomic mass is 32.1. The van der Waals surface area contributed by atoms with Crippen molar-refractivity contribution in [2.75, 3.05) is 25.1 Å². The first-order chi connectivity index (χ1) is 12.6. The number of anilines is 1. The Bertz CT molecular complexity index is 601. The highest BCUT2D eigenvalue weighted by Gasteiger charge is 2.13. The maximum absolute atomic E-state index is 11.8. The topological polar surface area (TPSA) is 59.6 Å². The second kappa shape index (κ2) is 11.1. The molecule has 1 saturated carbocycles. The van der Waals surface area contributed by atoms with Gasteiger partial charge in [0.05, 0.1) is 18.3 Å². The molecular weight excluding hydrogens is 348 g/mol. The van der Waals surface area contributed by atoms with Gasteiger partial charge in [-0.15, -0.1) is 0 Å². The van der Waals surface area contributed by atoms with E-state index in [-0.39, 0.29) is 5.97 Å². The molecule has 0 radical (unpaired) electrons. The van der Waals surface area contributed by atoms with Crippen LogP contribution >= 0.6 is 12.2 Å². The number of hydrogen-bond acceptors (Lipinski definition) is 4. The second-order valence-corrected chi connectivity index (χ2v) is 7.02. The summed E-state index contributed by atoms with van der Waals surface area (Å²) in [4.78, 5) is 11.8. The Hall–Kier alpha value is -1.66. The van der Waals surface area contributed by atoms with E-state index in [2.05, 4.69) is 10.6 Å². The molecular formula is C20H30N2O3S. The Morgan fingerprint density at radius 2 is 2.04 bits per heavy atom. The summed E-state index contributed by atoms with van der Waals surface area (Å²) in [6.45, 7) is 5.65. The third-order valence-electron chi connectivity index (χ3n) is 4.50. The summed E-state index contributed by atoms with van der Waals surface area (Å²) in [6, 6.07) is 5.40. The van der Waals surface area contributed by atoms with Crippen molar-refractivity contribution in [1.82, 2.24) is 5.32 Å². The van der Waals surface area contributed by atoms with Crippen LogP contribution in [0.3, 0.4) is 0 Å². The van der Waals surface area contributed by atoms with Gasteiger partial charge < -0.3 is 20.1 Å². The average molecular weight is 379 g/mol. The number of rotatable bonds is 8. The molecule has 1 aliphatic rings. The molecule has 0 spiro atoms. The number of nitrogens with one attached hydrogen (secondary N) is 2. The number of carbonyl (C=O) groups is 1. The van der Waals surface area contributed by atoms with Crippen LogP contribution in [0.25, 0.3) is 0 Å². The zero-order valence-electron chi connectivity index (χ0n) is 15.8. The maximum atomic E-state index is 11.8. The fraction of sp³-hybridized carbons (Fsp3) is 0.600. The zero-order valence-corrected chi connectivity index (χ0v) is 16.6. The van der Waals surface area contributed by atoms with E-state index >= 15 is 0 Å². The van der Waals surface area contributed by atoms with E-state index in [4.69, 9.17) is 21.7 Å². The number of aryl methyl sites for hydroxylation is 1. The molecule has 0 aromatic heterocycles. The number of benzene rings is 1. The minimum atomic E-state index is -0.305. The standard InChI is InChI=1S/C20H30N2O3S/c1-3-24-19(23)16-10-11-18(15(2)14-16)22-20(26)21-12-7-13-25-17-8-5-4-6-9-17/h10-11,14,17H,3-9,12-13H2,1-2H3,(H2,21,22,26). The quantitative estimate of drug-likeness (QED) is 0.402. The Balaban J connectivity index is 1.67. The summed E-state index contributed by atoms with van der Waals surface area (Å²) in [5.41, 5.74) is 2.38. The van der Waals surface area contributed by atoms with Crippen LogP contribution in [-0.2, 0) is 9.47 Å². The van der Waals surface area contributed by atoms with Gasteiger partial charge in [-0.25, -0.2) is 4.79 Å². The molecule has 1 aromatic rings. The van der Waals surface area contributed by atoms with Gasteiger partial charge in [-0.3, -0.25) is 0 Å². The zero-order chi connectivity index (χ0) is 18.8. The van der Waals surface area contributed by atoms with Crippen LogP contribution in [0.4, 0.5) is 5.69 Å². The van der Waals surface area contributed by atoms with Crippen molar-refractivity contribution in [2.24, 2.45) is 0 Å². The summed E-state index contributed by atoms with van der Waals surface area (Å²) >= 11 is 5.34. The van der Waals surface area contributed by atoms with Crippen molar-refractivity contribution in [3.63, 3.8) is 0 Å². The van der Waals surface area contributed by atoms with E-state index in [0.29, 0.717) is 23.4 Å². The molecule has 0 bridgehead atoms. The molecule has 0 heterocycles. The number of esters is 1. The maximum Gasteiger partial charge on any atom is 0.338 e. The molecule has 2 N–H and O–H groups in total. The van der Waals surface area contributed by atoms with E-state index in [0.717, 1.165) is 30.8 Å². The van der Waals surface area contributed by atoms with Gasteiger partial charge >= 0.3 is 5.97 Å². The van der Waals surface area contributed by atoms with Gasteiger partial charge in [0, 0.05) is 18.8 Å². The van der Waals surface area contributed by atoms with Gasteiger partial charge in [0.2, 0.25) is 0 Å². The fourth-order valence-electron chi connectivity index (χ4n) is 3.07. The van der Waals surface area contributed by atoms with Crippen LogP contribution in [0.1, 0.15) is 61.4 Å². The van der Waals surface area contributed by atoms with E-state index in [1.807, 2.05) is 13.0 Å². The van der Waals surface area contributed by atoms with Crippen molar-refractivity contribution in [1.29, 1.82) is 0 Å². The van der Waals surface area contributed by atoms with Gasteiger partial charge in [-0.05, 0) is 69.1 Å². The summed E-state index contributed by atoms with van der Waals surface area (Å²) in [5.74, 6) is -0.305. The fourth-order valence-corrected chi connectivity index (χ4v) is 3.28. The predicted molar refractivity (Wildman–Crippen MR) is 109 cm³/mol. The molecule has 2 rings (SSSR count). The average Bonchev–Trinajstić information content (AvgIpc) is 2.64. The molecule has 0 saturated heterocycles. The first-order valence-electron chi connectivity index (χ1n) is 9.54. The van der Waals surface area contributed by atoms with Gasteiger partial charge in [-0.1, -0.05) is 19.3 Å². The predicted octanol–water partition coefficient (Wildman–Crippen LogP) is 4.20. The minimum Gasteiger partial charge on any atom is -0.462 e. The molecule has 0 amide bonds. The minimum absolute atomic E-state index is 0.305. The number of ether oxygens (including phenoxy) is 2. The van der Waals surface area contributed by atoms with Crippen LogP contribution in [0.2, 0.25) is 0 Å². The molecule has 0 unspecified atom stereocenters. The Morgan fingerprint density at radius 1 is 1.27 bits per heavy atom. The van der Waals surface area contributed by atoms with Gasteiger partial charge in [0.25, 0.3) is 0 Å². The first kappa shape index (κ1) is 20.6. The van der Waals surface area contributed by atoms with Crippen molar-refractivity contribution >= 4 is 29.0 Å². The summed E-state index contributed by atoms with van der Waals surface area (Å²) < 4.78 is 10.9. The van der Waals surface area contributed by atoms with Crippen LogP contribution in [-0.4, -0.2) is 36.9 Å². The summed E-state index contributed by atoms with van der Waals surface area (Å²) in [5, 5.41) is 6.96. The van der Waals surface area contributed by atoms with Crippen LogP contribution in [0, 0.1) is 6.92 Å². The number of hydrogen-bond donors (Lipinski definition) is 2. The lowest BCUT2D eigenvalue weighted by atomic mass is 9.98. The van der Waals surface area contributed by atoms with E-state index in [1.165, 1.54) is 32.1 Å². The summed E-state index contributed by atoms with van der Waals surface area (Å²) in [7, 11) is 0. The highest BCUT2D eigenvalue weighted by molar-refractivity contribution is 7.80. The van der Waals surface area contributed by atoms with Crippen molar-refractivity contribution in [2.45, 2.75) is 58.5 Å². The van der Waals surface area contributed by atoms with Crippen LogP contribution < -0.4 is 10.6 Å². The van der Waals surface area contributed by atoms with Gasteiger partial charge in [0.15, 0.2) is 5.11 Å². The lowest BCUT2D eigenvalue weighted by Crippen LogP contribution is -2.30. The molecule has 0 atom stereocenters. The largest absolute Gasteiger partial charge is 0.462 e. The van der Waals surface area contributed by atoms with E-state index < -0.39 is 0 Å². The van der Waals surface area contributed by atoms with Crippen LogP contribution in [0.5, 0.6) is 0 Å². The van der Waals surface area contributed by atoms with E-state index in [1.54, 1.807) is 19.1 Å². The molecule has 1 fully saturated rings. The van der Waals surface area contributed by atoms with Crippen molar-refractivity contribution in [3.8, 4) is 0 Å². The highest BCUT2D eigenvalue weighted by Crippen LogP contribution is 2.20. The Morgan fingerprint density at radius 3 is 2.73 bits per heavy atom. The number of carbonyl (C=O) groups excluding carboxylic acids is 1. The molecule has 144 valence electrons. The molecule has 6 heteroatoms. The molecule has 0 aliphatic heterocycles. The molecule has 5 nitrogen and oxygen atoms in total. The third-order valence-corrected chi connectivity index (χ3v) is 4.74. The van der Waals surface area contributed by atoms with Gasteiger partial charge in [-0.2, -0.15) is 0 Å². The second-order valence-electron chi connectivity index (χ2n) is 6.62. The Kier molecular flexibility index (Phi) is 8.85. The molecule has 1 aliphatic carbocycles. The lowest BCUT2D eigenvalue weighted by Gasteiger charge is -2.22. The smallest absolute Gasteiger partial charge is 0.338 e.